The molecule has 158 valence electrons. The summed E-state index contributed by atoms with van der Waals surface area (Å²) in [6.07, 6.45) is 5.89. The molecule has 2 bridgehead atoms. The molecule has 0 unspecified atom stereocenters. The Balaban J connectivity index is 1.59. The third-order valence-corrected chi connectivity index (χ3v) is 7.02. The van der Waals surface area contributed by atoms with Crippen molar-refractivity contribution in [1.29, 1.82) is 0 Å². The fraction of sp³-hybridized carbons (Fsp3) is 0.652. The van der Waals surface area contributed by atoms with Crippen LogP contribution in [0.3, 0.4) is 0 Å². The first-order chi connectivity index (χ1) is 14.1. The number of hydrogen-bond acceptors (Lipinski definition) is 4. The Kier molecular flexibility index (Phi) is 6.09. The zero-order chi connectivity index (χ0) is 20.4. The van der Waals surface area contributed by atoms with Gasteiger partial charge in [0.1, 0.15) is 5.75 Å². The fourth-order valence-electron chi connectivity index (χ4n) is 5.69. The molecule has 2 amide bonds. The number of fused-ring (bicyclic) bond motifs is 4. The van der Waals surface area contributed by atoms with E-state index in [0.29, 0.717) is 37.1 Å². The maximum Gasteiger partial charge on any atom is 0.223 e. The van der Waals surface area contributed by atoms with E-state index in [9.17, 15) is 9.59 Å². The van der Waals surface area contributed by atoms with Crippen LogP contribution >= 0.6 is 0 Å². The van der Waals surface area contributed by atoms with Crippen LogP contribution in [0.15, 0.2) is 24.3 Å². The average molecular weight is 400 g/mol. The third kappa shape index (κ3) is 4.13. The summed E-state index contributed by atoms with van der Waals surface area (Å²) in [5.74, 6) is 2.11. The van der Waals surface area contributed by atoms with Gasteiger partial charge in [-0.05, 0) is 68.2 Å². The summed E-state index contributed by atoms with van der Waals surface area (Å²) in [5.41, 5.74) is 6.80. The van der Waals surface area contributed by atoms with Crippen molar-refractivity contribution in [2.75, 3.05) is 26.7 Å². The lowest BCUT2D eigenvalue weighted by Crippen LogP contribution is -2.66. The number of carbonyl (C=O) groups excluding carboxylic acids is 2. The number of benzene rings is 1. The Morgan fingerprint density at radius 2 is 2.10 bits per heavy atom. The van der Waals surface area contributed by atoms with Gasteiger partial charge in [-0.1, -0.05) is 12.1 Å². The molecule has 3 heterocycles. The molecule has 6 heteroatoms. The molecule has 0 saturated carbocycles. The summed E-state index contributed by atoms with van der Waals surface area (Å²) in [5, 5.41) is 0. The zero-order valence-electron chi connectivity index (χ0n) is 17.4. The van der Waals surface area contributed by atoms with E-state index in [1.54, 1.807) is 7.11 Å². The Morgan fingerprint density at radius 3 is 2.90 bits per heavy atom. The third-order valence-electron chi connectivity index (χ3n) is 7.02. The van der Waals surface area contributed by atoms with Crippen LogP contribution in [0.1, 0.15) is 44.1 Å². The number of hydrogen-bond donors (Lipinski definition) is 1. The summed E-state index contributed by atoms with van der Waals surface area (Å²) in [7, 11) is 1.68. The minimum absolute atomic E-state index is 0.154. The number of nitrogens with two attached hydrogens (primary N) is 1. The molecule has 4 rings (SSSR count). The van der Waals surface area contributed by atoms with Crippen LogP contribution in [0.25, 0.3) is 0 Å². The minimum Gasteiger partial charge on any atom is -0.497 e. The Labute approximate surface area is 173 Å². The largest absolute Gasteiger partial charge is 0.497 e. The van der Waals surface area contributed by atoms with Crippen LogP contribution in [0.5, 0.6) is 5.75 Å². The summed E-state index contributed by atoms with van der Waals surface area (Å²) < 4.78 is 5.40. The van der Waals surface area contributed by atoms with E-state index < -0.39 is 0 Å². The number of rotatable bonds is 6. The van der Waals surface area contributed by atoms with Crippen molar-refractivity contribution >= 4 is 11.8 Å². The predicted octanol–water partition coefficient (Wildman–Crippen LogP) is 2.20. The zero-order valence-corrected chi connectivity index (χ0v) is 17.4. The number of amides is 2. The van der Waals surface area contributed by atoms with Gasteiger partial charge < -0.3 is 20.3 Å². The lowest BCUT2D eigenvalue weighted by Gasteiger charge is -2.56. The molecule has 2 N–H and O–H groups in total. The molecular weight excluding hydrogens is 366 g/mol. The van der Waals surface area contributed by atoms with Gasteiger partial charge in [0.2, 0.25) is 11.8 Å². The second-order valence-electron chi connectivity index (χ2n) is 8.83. The summed E-state index contributed by atoms with van der Waals surface area (Å²) >= 11 is 0. The smallest absolute Gasteiger partial charge is 0.223 e. The van der Waals surface area contributed by atoms with E-state index in [4.69, 9.17) is 10.5 Å². The van der Waals surface area contributed by atoms with Crippen LogP contribution in [0.2, 0.25) is 0 Å². The molecule has 3 aliphatic rings. The maximum absolute atomic E-state index is 12.9. The van der Waals surface area contributed by atoms with Crippen molar-refractivity contribution in [3.05, 3.63) is 29.8 Å². The van der Waals surface area contributed by atoms with Gasteiger partial charge in [0.25, 0.3) is 0 Å². The maximum atomic E-state index is 12.9. The molecule has 0 aromatic heterocycles. The van der Waals surface area contributed by atoms with Crippen molar-refractivity contribution in [1.82, 2.24) is 9.80 Å². The number of methoxy groups -OCH3 is 1. The Morgan fingerprint density at radius 1 is 1.28 bits per heavy atom. The molecule has 3 fully saturated rings. The van der Waals surface area contributed by atoms with Gasteiger partial charge in [0.05, 0.1) is 7.11 Å². The van der Waals surface area contributed by atoms with Crippen molar-refractivity contribution in [2.24, 2.45) is 17.6 Å². The summed E-state index contributed by atoms with van der Waals surface area (Å²) in [6, 6.07) is 8.58. The highest BCUT2D eigenvalue weighted by Gasteiger charge is 2.49. The lowest BCUT2D eigenvalue weighted by molar-refractivity contribution is -0.156. The van der Waals surface area contributed by atoms with E-state index in [1.165, 1.54) is 5.56 Å². The van der Waals surface area contributed by atoms with E-state index in [-0.39, 0.29) is 18.0 Å². The van der Waals surface area contributed by atoms with Gasteiger partial charge in [-0.3, -0.25) is 9.59 Å². The van der Waals surface area contributed by atoms with Crippen LogP contribution in [-0.4, -0.2) is 60.4 Å². The summed E-state index contributed by atoms with van der Waals surface area (Å²) in [4.78, 5) is 30.0. The van der Waals surface area contributed by atoms with Gasteiger partial charge in [0, 0.05) is 38.0 Å². The van der Waals surface area contributed by atoms with Crippen molar-refractivity contribution in [3.8, 4) is 5.75 Å². The molecule has 0 spiro atoms. The molecule has 29 heavy (non-hydrogen) atoms. The number of piperidine rings is 3. The minimum atomic E-state index is 0.154. The average Bonchev–Trinajstić information content (AvgIpc) is 2.75. The monoisotopic (exact) mass is 399 g/mol. The molecule has 1 aromatic carbocycles. The van der Waals surface area contributed by atoms with Gasteiger partial charge in [-0.15, -0.1) is 0 Å². The van der Waals surface area contributed by atoms with Crippen LogP contribution in [-0.2, 0) is 16.0 Å². The lowest BCUT2D eigenvalue weighted by atomic mass is 9.70. The van der Waals surface area contributed by atoms with Crippen molar-refractivity contribution in [3.63, 3.8) is 0 Å². The van der Waals surface area contributed by atoms with E-state index in [0.717, 1.165) is 50.9 Å². The van der Waals surface area contributed by atoms with Gasteiger partial charge in [0.15, 0.2) is 0 Å². The summed E-state index contributed by atoms with van der Waals surface area (Å²) in [6.45, 7) is 2.10. The first-order valence-electron chi connectivity index (χ1n) is 11.0. The van der Waals surface area contributed by atoms with E-state index >= 15 is 0 Å². The van der Waals surface area contributed by atoms with Crippen LogP contribution < -0.4 is 10.5 Å². The molecule has 3 aliphatic heterocycles. The van der Waals surface area contributed by atoms with Crippen molar-refractivity contribution < 1.29 is 14.3 Å². The molecule has 4 atom stereocenters. The number of nitrogens with zero attached hydrogens (tertiary/aromatic N) is 2. The second-order valence-corrected chi connectivity index (χ2v) is 8.83. The van der Waals surface area contributed by atoms with Crippen molar-refractivity contribution in [2.45, 2.75) is 57.0 Å². The quantitative estimate of drug-likeness (QED) is 0.796. The molecule has 0 radical (unpaired) electrons. The molecule has 1 aromatic rings. The normalized spacial score (nSPS) is 28.8. The number of likely N-dealkylation sites (tertiary alicyclic amines) is 1. The SMILES string of the molecule is COc1cccc(C[C@H]2[C@H]3C[C@H](CN(C(=O)CCCN)C3)[C@@H]3CCCC(=O)N32)c1. The molecule has 6 nitrogen and oxygen atoms in total. The van der Waals surface area contributed by atoms with E-state index in [1.807, 2.05) is 12.1 Å². The topological polar surface area (TPSA) is 75.9 Å². The van der Waals surface area contributed by atoms with Gasteiger partial charge in [-0.25, -0.2) is 0 Å². The first-order valence-corrected chi connectivity index (χ1v) is 11.0. The highest BCUT2D eigenvalue weighted by atomic mass is 16.5. The number of carbonyl (C=O) groups is 2. The molecule has 3 saturated heterocycles. The first kappa shape index (κ1) is 20.2. The molecule has 0 aliphatic carbocycles. The second kappa shape index (κ2) is 8.74. The highest BCUT2D eigenvalue weighted by molar-refractivity contribution is 5.79. The Bertz CT molecular complexity index is 753. The highest BCUT2D eigenvalue weighted by Crippen LogP contribution is 2.42. The van der Waals surface area contributed by atoms with Crippen LogP contribution in [0.4, 0.5) is 0 Å². The fourth-order valence-corrected chi connectivity index (χ4v) is 5.69. The standard InChI is InChI=1S/C23H33N3O3/c1-29-19-6-2-5-16(11-19)12-21-18-13-17(20-7-3-8-23(28)26(20)21)14-25(15-18)22(27)9-4-10-24/h2,5-6,11,17-18,20-21H,3-4,7-10,12-15,24H2,1H3/t17-,18+,20+,21+/m1/s1. The van der Waals surface area contributed by atoms with Crippen LogP contribution in [0, 0.1) is 11.8 Å². The number of ether oxygens (including phenoxy) is 1. The van der Waals surface area contributed by atoms with E-state index in [2.05, 4.69) is 21.9 Å². The Hall–Kier alpha value is -2.08. The molecular formula is C23H33N3O3. The predicted molar refractivity (Wildman–Crippen MR) is 111 cm³/mol. The van der Waals surface area contributed by atoms with Gasteiger partial charge >= 0.3 is 0 Å². The van der Waals surface area contributed by atoms with Gasteiger partial charge in [-0.2, -0.15) is 0 Å².